The predicted molar refractivity (Wildman–Crippen MR) is 107 cm³/mol. The molecule has 7 heteroatoms. The maximum absolute atomic E-state index is 12.2. The molecule has 0 spiro atoms. The number of anilines is 2. The van der Waals surface area contributed by atoms with E-state index in [1.165, 1.54) is 0 Å². The van der Waals surface area contributed by atoms with Gasteiger partial charge in [0.2, 0.25) is 5.91 Å². The summed E-state index contributed by atoms with van der Waals surface area (Å²) in [5.74, 6) is 0.432. The summed E-state index contributed by atoms with van der Waals surface area (Å²) in [7, 11) is 0. The van der Waals surface area contributed by atoms with Gasteiger partial charge in [-0.15, -0.1) is 0 Å². The van der Waals surface area contributed by atoms with Crippen molar-refractivity contribution in [3.05, 3.63) is 52.5 Å². The summed E-state index contributed by atoms with van der Waals surface area (Å²) in [4.78, 5) is 25.7. The van der Waals surface area contributed by atoms with Gasteiger partial charge in [0.25, 0.3) is 5.91 Å². The standard InChI is InChI=1S/C20H22ClN3O3/c1-13-4-3-5-14(2)20(13)27-12-19(26)23-15-6-7-17(16(21)10-15)24-9-8-22-18(25)11-24/h3-7,10H,8-9,11-12H2,1-2H3,(H,22,25)(H,23,26). The van der Waals surface area contributed by atoms with Crippen molar-refractivity contribution in [1.82, 2.24) is 5.32 Å². The van der Waals surface area contributed by atoms with Crippen LogP contribution >= 0.6 is 11.6 Å². The van der Waals surface area contributed by atoms with Gasteiger partial charge in [0.05, 0.1) is 17.3 Å². The van der Waals surface area contributed by atoms with E-state index in [0.29, 0.717) is 23.8 Å². The molecule has 1 heterocycles. The Bertz CT molecular complexity index is 849. The number of rotatable bonds is 5. The largest absolute Gasteiger partial charge is 0.483 e. The van der Waals surface area contributed by atoms with Crippen molar-refractivity contribution in [3.63, 3.8) is 0 Å². The van der Waals surface area contributed by atoms with Gasteiger partial charge < -0.3 is 20.3 Å². The zero-order chi connectivity index (χ0) is 19.4. The third-order valence-electron chi connectivity index (χ3n) is 4.37. The van der Waals surface area contributed by atoms with Crippen molar-refractivity contribution < 1.29 is 14.3 Å². The molecule has 0 atom stereocenters. The van der Waals surface area contributed by atoms with Gasteiger partial charge in [-0.2, -0.15) is 0 Å². The number of halogens is 1. The summed E-state index contributed by atoms with van der Waals surface area (Å²) >= 11 is 6.35. The molecule has 1 saturated heterocycles. The summed E-state index contributed by atoms with van der Waals surface area (Å²) in [6.07, 6.45) is 0. The number of piperazine rings is 1. The molecule has 1 aliphatic heterocycles. The number of carbonyl (C=O) groups excluding carboxylic acids is 2. The third-order valence-corrected chi connectivity index (χ3v) is 4.67. The normalized spacial score (nSPS) is 13.9. The molecule has 2 aromatic carbocycles. The van der Waals surface area contributed by atoms with Crippen molar-refractivity contribution in [1.29, 1.82) is 0 Å². The molecule has 0 radical (unpaired) electrons. The van der Waals surface area contributed by atoms with Crippen molar-refractivity contribution in [2.75, 3.05) is 36.5 Å². The summed E-state index contributed by atoms with van der Waals surface area (Å²) in [5, 5.41) is 6.05. The summed E-state index contributed by atoms with van der Waals surface area (Å²) in [5.41, 5.74) is 3.33. The van der Waals surface area contributed by atoms with Crippen LogP contribution in [0.3, 0.4) is 0 Å². The van der Waals surface area contributed by atoms with Crippen LogP contribution in [-0.4, -0.2) is 38.1 Å². The molecule has 0 aromatic heterocycles. The van der Waals surface area contributed by atoms with Crippen LogP contribution in [0.2, 0.25) is 5.02 Å². The number of nitrogens with zero attached hydrogens (tertiary/aromatic N) is 1. The first-order chi connectivity index (χ1) is 12.9. The van der Waals surface area contributed by atoms with E-state index >= 15 is 0 Å². The second-order valence-corrected chi connectivity index (χ2v) is 6.90. The average Bonchev–Trinajstić information content (AvgIpc) is 2.61. The van der Waals surface area contributed by atoms with Crippen LogP contribution in [0, 0.1) is 13.8 Å². The zero-order valence-electron chi connectivity index (χ0n) is 15.3. The second kappa shape index (κ2) is 8.31. The fourth-order valence-corrected chi connectivity index (χ4v) is 3.35. The Hall–Kier alpha value is -2.73. The van der Waals surface area contributed by atoms with Gasteiger partial charge in [0, 0.05) is 18.8 Å². The first-order valence-electron chi connectivity index (χ1n) is 8.74. The van der Waals surface area contributed by atoms with E-state index in [4.69, 9.17) is 16.3 Å². The number of aryl methyl sites for hydroxylation is 2. The maximum atomic E-state index is 12.2. The van der Waals surface area contributed by atoms with E-state index in [1.807, 2.05) is 43.0 Å². The molecule has 0 saturated carbocycles. The van der Waals surface area contributed by atoms with Gasteiger partial charge in [-0.1, -0.05) is 29.8 Å². The van der Waals surface area contributed by atoms with Gasteiger partial charge in [-0.05, 0) is 43.2 Å². The van der Waals surface area contributed by atoms with Crippen LogP contribution in [0.1, 0.15) is 11.1 Å². The van der Waals surface area contributed by atoms with Crippen molar-refractivity contribution in [2.24, 2.45) is 0 Å². The van der Waals surface area contributed by atoms with Crippen molar-refractivity contribution in [3.8, 4) is 5.75 Å². The summed E-state index contributed by atoms with van der Waals surface area (Å²) in [6, 6.07) is 11.1. The zero-order valence-corrected chi connectivity index (χ0v) is 16.1. The van der Waals surface area contributed by atoms with E-state index in [9.17, 15) is 9.59 Å². The molecule has 0 bridgehead atoms. The molecule has 3 rings (SSSR count). The fourth-order valence-electron chi connectivity index (χ4n) is 3.05. The van der Waals surface area contributed by atoms with E-state index in [0.717, 1.165) is 22.6 Å². The lowest BCUT2D eigenvalue weighted by atomic mass is 10.1. The van der Waals surface area contributed by atoms with Crippen LogP contribution < -0.4 is 20.3 Å². The smallest absolute Gasteiger partial charge is 0.262 e. The van der Waals surface area contributed by atoms with Crippen LogP contribution in [0.5, 0.6) is 5.75 Å². The third kappa shape index (κ3) is 4.71. The molecule has 2 aromatic rings. The number of amides is 2. The van der Waals surface area contributed by atoms with Crippen molar-refractivity contribution >= 4 is 34.8 Å². The number of nitrogens with one attached hydrogen (secondary N) is 2. The highest BCUT2D eigenvalue weighted by Crippen LogP contribution is 2.29. The molecule has 0 aliphatic carbocycles. The lowest BCUT2D eigenvalue weighted by Gasteiger charge is -2.29. The predicted octanol–water partition coefficient (Wildman–Crippen LogP) is 2.91. The molecule has 2 N–H and O–H groups in total. The molecule has 0 unspecified atom stereocenters. The highest BCUT2D eigenvalue weighted by molar-refractivity contribution is 6.33. The Labute approximate surface area is 163 Å². The molecular weight excluding hydrogens is 366 g/mol. The summed E-state index contributed by atoms with van der Waals surface area (Å²) in [6.45, 7) is 5.36. The molecule has 1 aliphatic rings. The van der Waals surface area contributed by atoms with Gasteiger partial charge in [0.1, 0.15) is 5.75 Å². The van der Waals surface area contributed by atoms with Gasteiger partial charge >= 0.3 is 0 Å². The number of carbonyl (C=O) groups is 2. The van der Waals surface area contributed by atoms with Crippen LogP contribution in [0.25, 0.3) is 0 Å². The Balaban J connectivity index is 1.61. The Morgan fingerprint density at radius 3 is 2.67 bits per heavy atom. The molecule has 2 amide bonds. The lowest BCUT2D eigenvalue weighted by molar-refractivity contribution is -0.120. The van der Waals surface area contributed by atoms with Gasteiger partial charge in [0.15, 0.2) is 6.61 Å². The number of hydrogen-bond acceptors (Lipinski definition) is 4. The van der Waals surface area contributed by atoms with E-state index in [2.05, 4.69) is 10.6 Å². The Morgan fingerprint density at radius 1 is 1.26 bits per heavy atom. The van der Waals surface area contributed by atoms with Gasteiger partial charge in [-0.3, -0.25) is 9.59 Å². The topological polar surface area (TPSA) is 70.7 Å². The maximum Gasteiger partial charge on any atom is 0.262 e. The van der Waals surface area contributed by atoms with Crippen LogP contribution in [-0.2, 0) is 9.59 Å². The highest BCUT2D eigenvalue weighted by atomic mass is 35.5. The number of para-hydroxylation sites is 1. The average molecular weight is 388 g/mol. The molecular formula is C20H22ClN3O3. The SMILES string of the molecule is Cc1cccc(C)c1OCC(=O)Nc1ccc(N2CCNC(=O)C2)c(Cl)c1. The fraction of sp³-hybridized carbons (Fsp3) is 0.300. The van der Waals surface area contributed by atoms with E-state index in [-0.39, 0.29) is 25.0 Å². The van der Waals surface area contributed by atoms with E-state index in [1.54, 1.807) is 12.1 Å². The molecule has 1 fully saturated rings. The van der Waals surface area contributed by atoms with Crippen LogP contribution in [0.4, 0.5) is 11.4 Å². The quantitative estimate of drug-likeness (QED) is 0.827. The van der Waals surface area contributed by atoms with E-state index < -0.39 is 0 Å². The van der Waals surface area contributed by atoms with Gasteiger partial charge in [-0.25, -0.2) is 0 Å². The van der Waals surface area contributed by atoms with Crippen molar-refractivity contribution in [2.45, 2.75) is 13.8 Å². The molecule has 27 heavy (non-hydrogen) atoms. The molecule has 142 valence electrons. The summed E-state index contributed by atoms with van der Waals surface area (Å²) < 4.78 is 5.66. The Morgan fingerprint density at radius 2 is 2.00 bits per heavy atom. The second-order valence-electron chi connectivity index (χ2n) is 6.50. The minimum Gasteiger partial charge on any atom is -0.483 e. The minimum absolute atomic E-state index is 0.0293. The first kappa shape index (κ1) is 19.0. The molecule has 6 nitrogen and oxygen atoms in total. The number of benzene rings is 2. The monoisotopic (exact) mass is 387 g/mol. The highest BCUT2D eigenvalue weighted by Gasteiger charge is 2.19. The first-order valence-corrected chi connectivity index (χ1v) is 9.12. The van der Waals surface area contributed by atoms with Crippen LogP contribution in [0.15, 0.2) is 36.4 Å². The number of hydrogen-bond donors (Lipinski definition) is 2. The minimum atomic E-state index is -0.265. The lowest BCUT2D eigenvalue weighted by Crippen LogP contribution is -2.47. The Kier molecular flexibility index (Phi) is 5.86. The number of ether oxygens (including phenoxy) is 1.